The van der Waals surface area contributed by atoms with E-state index in [1.807, 2.05) is 0 Å². The number of hydrogen-bond donors (Lipinski definition) is 1. The quantitative estimate of drug-likeness (QED) is 0.251. The molecule has 0 amide bonds. The highest BCUT2D eigenvalue weighted by Crippen LogP contribution is 2.43. The first-order valence-corrected chi connectivity index (χ1v) is 14.0. The van der Waals surface area contributed by atoms with E-state index >= 15 is 0 Å². The van der Waals surface area contributed by atoms with E-state index < -0.39 is 21.7 Å². The van der Waals surface area contributed by atoms with Gasteiger partial charge in [0.05, 0.1) is 29.2 Å². The highest BCUT2D eigenvalue weighted by molar-refractivity contribution is 7.92. The van der Waals surface area contributed by atoms with Crippen molar-refractivity contribution in [1.29, 1.82) is 0 Å². The Morgan fingerprint density at radius 1 is 1.08 bits per heavy atom. The van der Waals surface area contributed by atoms with Crippen molar-refractivity contribution in [1.82, 2.24) is 9.72 Å². The molecular weight excluding hydrogens is 552 g/mol. The number of benzene rings is 2. The van der Waals surface area contributed by atoms with Gasteiger partial charge >= 0.3 is 5.95 Å². The lowest BCUT2D eigenvalue weighted by Gasteiger charge is -2.16. The zero-order valence-electron chi connectivity index (χ0n) is 20.8. The molecule has 0 aliphatic carbocycles. The van der Waals surface area contributed by atoms with Crippen LogP contribution in [0.25, 0.3) is 31.8 Å². The third-order valence-electron chi connectivity index (χ3n) is 5.83. The molecule has 202 valence electrons. The van der Waals surface area contributed by atoms with Crippen molar-refractivity contribution in [2.75, 3.05) is 17.6 Å². The smallest absolute Gasteiger partial charge is 0.311 e. The maximum atomic E-state index is 14.5. The Labute approximate surface area is 225 Å². The van der Waals surface area contributed by atoms with Crippen molar-refractivity contribution in [3.63, 3.8) is 0 Å². The van der Waals surface area contributed by atoms with Crippen LogP contribution in [-0.4, -0.2) is 31.0 Å². The van der Waals surface area contributed by atoms with E-state index in [9.17, 15) is 22.0 Å². The predicted molar refractivity (Wildman–Crippen MR) is 144 cm³/mol. The number of methoxy groups -OCH3 is 1. The Bertz CT molecular complexity index is 1880. The fourth-order valence-corrected chi connectivity index (χ4v) is 5.62. The second-order valence-corrected chi connectivity index (χ2v) is 11.5. The van der Waals surface area contributed by atoms with E-state index in [1.165, 1.54) is 48.1 Å². The minimum absolute atomic E-state index is 0.151. The topological polar surface area (TPSA) is 113 Å². The van der Waals surface area contributed by atoms with Crippen LogP contribution in [0.5, 0.6) is 17.4 Å². The van der Waals surface area contributed by atoms with Crippen molar-refractivity contribution in [3.05, 3.63) is 76.7 Å². The fraction of sp³-hybridized carbons (Fsp3) is 0.154. The summed E-state index contributed by atoms with van der Waals surface area (Å²) in [5, 5.41) is 4.36. The van der Waals surface area contributed by atoms with Gasteiger partial charge in [0.25, 0.3) is 5.56 Å². The molecule has 2 aromatic carbocycles. The molecule has 1 N–H and O–H groups in total. The maximum Gasteiger partial charge on any atom is 0.311 e. The van der Waals surface area contributed by atoms with Gasteiger partial charge in [0, 0.05) is 40.8 Å². The van der Waals surface area contributed by atoms with Crippen molar-refractivity contribution in [2.45, 2.75) is 6.92 Å². The summed E-state index contributed by atoms with van der Waals surface area (Å²) < 4.78 is 73.0. The van der Waals surface area contributed by atoms with Crippen LogP contribution in [0.15, 0.2) is 64.0 Å². The first-order chi connectivity index (χ1) is 18.6. The van der Waals surface area contributed by atoms with Gasteiger partial charge in [-0.1, -0.05) is 5.16 Å². The normalized spacial score (nSPS) is 11.6. The molecule has 0 radical (unpaired) electrons. The van der Waals surface area contributed by atoms with Crippen molar-refractivity contribution < 1.29 is 31.2 Å². The number of nitrogens with one attached hydrogen (secondary N) is 1. The van der Waals surface area contributed by atoms with Crippen LogP contribution in [0, 0.1) is 11.6 Å². The van der Waals surface area contributed by atoms with Gasteiger partial charge < -0.3 is 18.6 Å². The summed E-state index contributed by atoms with van der Waals surface area (Å²) in [4.78, 5) is 13.7. The summed E-state index contributed by atoms with van der Waals surface area (Å²) in [5.74, 6) is -1.72. The standard InChI is InChI=1S/C26H21F2N3O6S2/c1-4-39(33,34)30-15-6-8-21(36-22-7-5-14(27)9-19(22)28)16(10-15)18-13-31(2)26(32)17-11-23(38-25(17)18)20-12-24(35-3)37-29-20/h5-13,30H,4H2,1-3H3. The van der Waals surface area contributed by atoms with E-state index in [-0.39, 0.29) is 34.4 Å². The number of nitrogens with zero attached hydrogens (tertiary/aromatic N) is 2. The Kier molecular flexibility index (Phi) is 6.87. The predicted octanol–water partition coefficient (Wildman–Crippen LogP) is 5.76. The summed E-state index contributed by atoms with van der Waals surface area (Å²) in [6.45, 7) is 1.50. The number of pyridine rings is 1. The minimum atomic E-state index is -3.62. The van der Waals surface area contributed by atoms with Gasteiger partial charge in [-0.2, -0.15) is 0 Å². The second-order valence-electron chi connectivity index (χ2n) is 8.44. The number of rotatable bonds is 8. The van der Waals surface area contributed by atoms with E-state index in [4.69, 9.17) is 14.0 Å². The molecule has 13 heteroatoms. The Balaban J connectivity index is 1.73. The minimum Gasteiger partial charge on any atom is -0.467 e. The molecule has 0 unspecified atom stereocenters. The molecule has 3 aromatic heterocycles. The van der Waals surface area contributed by atoms with Crippen LogP contribution >= 0.6 is 11.3 Å². The molecule has 0 aliphatic rings. The Morgan fingerprint density at radius 3 is 2.54 bits per heavy atom. The number of hydrogen-bond acceptors (Lipinski definition) is 8. The molecule has 0 spiro atoms. The van der Waals surface area contributed by atoms with Gasteiger partial charge in [-0.05, 0) is 43.3 Å². The van der Waals surface area contributed by atoms with E-state index in [2.05, 4.69) is 9.88 Å². The first kappa shape index (κ1) is 26.4. The van der Waals surface area contributed by atoms with Gasteiger partial charge in [-0.3, -0.25) is 9.52 Å². The van der Waals surface area contributed by atoms with Crippen molar-refractivity contribution >= 4 is 37.1 Å². The fourth-order valence-electron chi connectivity index (χ4n) is 3.86. The number of anilines is 1. The molecule has 0 aliphatic heterocycles. The number of aromatic nitrogens is 2. The van der Waals surface area contributed by atoms with E-state index in [0.29, 0.717) is 37.9 Å². The third kappa shape index (κ3) is 5.22. The van der Waals surface area contributed by atoms with E-state index in [0.717, 1.165) is 12.1 Å². The van der Waals surface area contributed by atoms with Gasteiger partial charge in [-0.15, -0.1) is 11.3 Å². The van der Waals surface area contributed by atoms with Crippen LogP contribution in [0.3, 0.4) is 0 Å². The zero-order valence-corrected chi connectivity index (χ0v) is 22.5. The van der Waals surface area contributed by atoms with Crippen molar-refractivity contribution in [3.8, 4) is 39.1 Å². The van der Waals surface area contributed by atoms with Crippen LogP contribution in [0.2, 0.25) is 0 Å². The highest BCUT2D eigenvalue weighted by Gasteiger charge is 2.21. The molecule has 3 heterocycles. The summed E-state index contributed by atoms with van der Waals surface area (Å²) in [6.07, 6.45) is 1.58. The average Bonchev–Trinajstić information content (AvgIpc) is 3.56. The summed E-state index contributed by atoms with van der Waals surface area (Å²) in [6, 6.07) is 10.6. The summed E-state index contributed by atoms with van der Waals surface area (Å²) in [7, 11) is -0.606. The molecule has 5 aromatic rings. The molecule has 39 heavy (non-hydrogen) atoms. The molecule has 0 bridgehead atoms. The molecule has 0 saturated heterocycles. The number of sulfonamides is 1. The number of fused-ring (bicyclic) bond motifs is 1. The van der Waals surface area contributed by atoms with Gasteiger partial charge in [0.15, 0.2) is 11.6 Å². The first-order valence-electron chi connectivity index (χ1n) is 11.5. The van der Waals surface area contributed by atoms with Crippen LogP contribution < -0.4 is 19.8 Å². The number of aryl methyl sites for hydroxylation is 1. The molecular formula is C26H21F2N3O6S2. The SMILES string of the molecule is CCS(=O)(=O)Nc1ccc(Oc2ccc(F)cc2F)c(-c2cn(C)c(=O)c3cc(-c4cc(OC)on4)sc23)c1. The Hall–Kier alpha value is -4.23. The lowest BCUT2D eigenvalue weighted by atomic mass is 10.0. The lowest BCUT2D eigenvalue weighted by Crippen LogP contribution is -2.16. The molecule has 0 saturated carbocycles. The number of ether oxygens (including phenoxy) is 2. The molecule has 9 nitrogen and oxygen atoms in total. The average molecular weight is 574 g/mol. The van der Waals surface area contributed by atoms with Crippen LogP contribution in [0.1, 0.15) is 6.92 Å². The van der Waals surface area contributed by atoms with E-state index in [1.54, 1.807) is 25.4 Å². The van der Waals surface area contributed by atoms with Crippen LogP contribution in [-0.2, 0) is 17.1 Å². The maximum absolute atomic E-state index is 14.5. The van der Waals surface area contributed by atoms with Gasteiger partial charge in [-0.25, -0.2) is 17.2 Å². The van der Waals surface area contributed by atoms with Gasteiger partial charge in [0.1, 0.15) is 17.3 Å². The largest absolute Gasteiger partial charge is 0.467 e. The molecule has 0 fully saturated rings. The monoisotopic (exact) mass is 573 g/mol. The summed E-state index contributed by atoms with van der Waals surface area (Å²) >= 11 is 1.25. The zero-order chi connectivity index (χ0) is 27.9. The number of thiophene rings is 1. The van der Waals surface area contributed by atoms with Gasteiger partial charge in [0.2, 0.25) is 10.0 Å². The van der Waals surface area contributed by atoms with Crippen LogP contribution in [0.4, 0.5) is 14.5 Å². The number of halogens is 2. The highest BCUT2D eigenvalue weighted by atomic mass is 32.2. The third-order valence-corrected chi connectivity index (χ3v) is 8.33. The molecule has 5 rings (SSSR count). The Morgan fingerprint density at radius 2 is 1.85 bits per heavy atom. The molecule has 0 atom stereocenters. The van der Waals surface area contributed by atoms with Crippen molar-refractivity contribution in [2.24, 2.45) is 7.05 Å². The summed E-state index contributed by atoms with van der Waals surface area (Å²) in [5.41, 5.74) is 1.28. The second kappa shape index (κ2) is 10.2. The lowest BCUT2D eigenvalue weighted by molar-refractivity contribution is 0.261.